The van der Waals surface area contributed by atoms with E-state index in [1.807, 2.05) is 0 Å². The van der Waals surface area contributed by atoms with Crippen molar-refractivity contribution in [2.75, 3.05) is 11.4 Å². The van der Waals surface area contributed by atoms with Crippen LogP contribution in [-0.4, -0.2) is 53.3 Å². The molecule has 102 valence electrons. The van der Waals surface area contributed by atoms with Gasteiger partial charge in [0.05, 0.1) is 0 Å². The fourth-order valence-corrected chi connectivity index (χ4v) is 2.33. The number of halogens is 1. The van der Waals surface area contributed by atoms with Gasteiger partial charge in [-0.25, -0.2) is 9.97 Å². The highest BCUT2D eigenvalue weighted by Crippen LogP contribution is 2.22. The fraction of sp³-hybridized carbons (Fsp3) is 0.375. The van der Waals surface area contributed by atoms with Gasteiger partial charge < -0.3 is 10.0 Å². The van der Waals surface area contributed by atoms with E-state index in [1.165, 1.54) is 0 Å². The minimum Gasteiger partial charge on any atom is -0.423 e. The monoisotopic (exact) mass is 289 g/mol. The molecule has 8 nitrogen and oxygen atoms in total. The molecule has 1 atom stereocenters. The van der Waals surface area contributed by atoms with Gasteiger partial charge in [0, 0.05) is 30.8 Å². The van der Waals surface area contributed by atoms with Gasteiger partial charge in [0.25, 0.3) is 0 Å². The molecule has 0 spiro atoms. The molecule has 2 heterocycles. The number of carbonyl (C=O) groups is 1. The molecule has 1 aliphatic rings. The van der Waals surface area contributed by atoms with Crippen LogP contribution < -0.4 is 10.4 Å². The molecule has 19 heavy (non-hydrogen) atoms. The summed E-state index contributed by atoms with van der Waals surface area (Å²) in [7, 11) is -6.54. The molecule has 1 amide bonds. The normalized spacial score (nSPS) is 19.8. The van der Waals surface area contributed by atoms with E-state index in [-0.39, 0.29) is 18.0 Å². The van der Waals surface area contributed by atoms with Crippen LogP contribution in [-0.2, 0) is 15.0 Å². The molecule has 2 N–H and O–H groups in total. The van der Waals surface area contributed by atoms with Crippen LogP contribution in [0.25, 0.3) is 0 Å². The summed E-state index contributed by atoms with van der Waals surface area (Å²) in [6.45, 7) is -0.362. The van der Waals surface area contributed by atoms with E-state index in [2.05, 4.69) is 9.97 Å². The van der Waals surface area contributed by atoms with E-state index in [9.17, 15) is 17.1 Å². The average Bonchev–Trinajstić information content (AvgIpc) is 2.71. The maximum absolute atomic E-state index is 12.8. The van der Waals surface area contributed by atoms with Crippen LogP contribution in [0.1, 0.15) is 6.42 Å². The first-order valence-corrected chi connectivity index (χ1v) is 6.65. The zero-order chi connectivity index (χ0) is 14.2. The second-order valence-corrected chi connectivity index (χ2v) is 5.61. The van der Waals surface area contributed by atoms with E-state index < -0.39 is 34.9 Å². The highest BCUT2D eigenvalue weighted by atomic mass is 32.3. The van der Waals surface area contributed by atoms with Crippen molar-refractivity contribution in [2.24, 2.45) is 0 Å². The third kappa shape index (κ3) is 2.88. The first-order valence-electron chi connectivity index (χ1n) is 5.21. The van der Waals surface area contributed by atoms with E-state index in [1.54, 1.807) is 0 Å². The molecule has 1 aromatic heterocycles. The number of anilines is 1. The zero-order valence-electron chi connectivity index (χ0n) is 9.47. The SMILES string of the molecule is O=C1CC(S(=O)(=O)F)CN1c1ncc(B(O)O)cn1. The molecule has 2 rings (SSSR count). The number of aromatic nitrogens is 2. The third-order valence-electron chi connectivity index (χ3n) is 2.69. The summed E-state index contributed by atoms with van der Waals surface area (Å²) in [5.41, 5.74) is 0.0186. The predicted molar refractivity (Wildman–Crippen MR) is 62.6 cm³/mol. The summed E-state index contributed by atoms with van der Waals surface area (Å²) in [6.07, 6.45) is 1.70. The van der Waals surface area contributed by atoms with Crippen LogP contribution in [0, 0.1) is 0 Å². The van der Waals surface area contributed by atoms with Crippen molar-refractivity contribution in [1.29, 1.82) is 0 Å². The standard InChI is InChI=1S/C8H9BFN3O5S/c10-19(17,18)6-1-7(14)13(4-6)8-11-2-5(3-12-8)9(15)16/h2-3,6,15-16H,1,4H2. The summed E-state index contributed by atoms with van der Waals surface area (Å²) < 4.78 is 34.3. The predicted octanol–water partition coefficient (Wildman–Crippen LogP) is -2.44. The lowest BCUT2D eigenvalue weighted by Crippen LogP contribution is -2.33. The van der Waals surface area contributed by atoms with Gasteiger partial charge in [-0.3, -0.25) is 9.69 Å². The van der Waals surface area contributed by atoms with Gasteiger partial charge >= 0.3 is 17.3 Å². The first kappa shape index (κ1) is 13.8. The summed E-state index contributed by atoms with van der Waals surface area (Å²) >= 11 is 0. The summed E-state index contributed by atoms with van der Waals surface area (Å²) in [4.78, 5) is 19.9. The molecule has 0 aliphatic carbocycles. The zero-order valence-corrected chi connectivity index (χ0v) is 10.3. The minimum atomic E-state index is -4.80. The smallest absolute Gasteiger partial charge is 0.423 e. The Morgan fingerprint density at radius 3 is 2.37 bits per heavy atom. The van der Waals surface area contributed by atoms with E-state index in [0.29, 0.717) is 0 Å². The third-order valence-corrected chi connectivity index (χ3v) is 3.80. The van der Waals surface area contributed by atoms with Crippen molar-refractivity contribution in [3.05, 3.63) is 12.4 Å². The summed E-state index contributed by atoms with van der Waals surface area (Å²) in [5.74, 6) is -0.718. The largest absolute Gasteiger partial charge is 0.491 e. The lowest BCUT2D eigenvalue weighted by atomic mass is 9.83. The Bertz CT molecular complexity index is 593. The second kappa shape index (κ2) is 4.83. The van der Waals surface area contributed by atoms with Gasteiger partial charge in [-0.05, 0) is 0 Å². The van der Waals surface area contributed by atoms with Crippen LogP contribution >= 0.6 is 0 Å². The Balaban J connectivity index is 2.21. The van der Waals surface area contributed by atoms with Gasteiger partial charge in [0.15, 0.2) is 0 Å². The molecule has 0 saturated carbocycles. The van der Waals surface area contributed by atoms with Crippen molar-refractivity contribution < 1.29 is 27.1 Å². The van der Waals surface area contributed by atoms with Gasteiger partial charge in [-0.15, -0.1) is 3.89 Å². The van der Waals surface area contributed by atoms with Crippen LogP contribution in [0.2, 0.25) is 0 Å². The van der Waals surface area contributed by atoms with Gasteiger partial charge in [-0.2, -0.15) is 8.42 Å². The van der Waals surface area contributed by atoms with Crippen molar-refractivity contribution in [2.45, 2.75) is 11.7 Å². The van der Waals surface area contributed by atoms with Crippen LogP contribution in [0.4, 0.5) is 9.83 Å². The Morgan fingerprint density at radius 2 is 1.95 bits per heavy atom. The second-order valence-electron chi connectivity index (χ2n) is 4.00. The highest BCUT2D eigenvalue weighted by Gasteiger charge is 2.40. The lowest BCUT2D eigenvalue weighted by Gasteiger charge is -2.13. The molecule has 0 aromatic carbocycles. The van der Waals surface area contributed by atoms with Crippen LogP contribution in [0.5, 0.6) is 0 Å². The number of nitrogens with zero attached hydrogens (tertiary/aromatic N) is 3. The number of carbonyl (C=O) groups excluding carboxylic acids is 1. The Labute approximate surface area is 108 Å². The van der Waals surface area contributed by atoms with E-state index in [4.69, 9.17) is 10.0 Å². The molecule has 1 aliphatic heterocycles. The molecular weight excluding hydrogens is 280 g/mol. The molecular formula is C8H9BFN3O5S. The molecule has 11 heteroatoms. The molecule has 1 aromatic rings. The first-order chi connectivity index (χ1) is 8.79. The maximum Gasteiger partial charge on any atom is 0.491 e. The molecule has 0 bridgehead atoms. The van der Waals surface area contributed by atoms with Gasteiger partial charge in [0.2, 0.25) is 11.9 Å². The molecule has 0 radical (unpaired) electrons. The molecule has 1 saturated heterocycles. The minimum absolute atomic E-state index is 0.0186. The lowest BCUT2D eigenvalue weighted by molar-refractivity contribution is -0.117. The number of hydrogen-bond donors (Lipinski definition) is 2. The van der Waals surface area contributed by atoms with Gasteiger partial charge in [0.1, 0.15) is 5.25 Å². The summed E-state index contributed by atoms with van der Waals surface area (Å²) in [6, 6.07) is 0. The molecule has 1 fully saturated rings. The average molecular weight is 289 g/mol. The van der Waals surface area contributed by atoms with Gasteiger partial charge in [-0.1, -0.05) is 0 Å². The summed E-state index contributed by atoms with van der Waals surface area (Å²) in [5, 5.41) is 16.3. The highest BCUT2D eigenvalue weighted by molar-refractivity contribution is 7.87. The van der Waals surface area contributed by atoms with Crippen LogP contribution in [0.15, 0.2) is 12.4 Å². The quantitative estimate of drug-likeness (QED) is 0.468. The Kier molecular flexibility index (Phi) is 3.52. The fourth-order valence-electron chi connectivity index (χ4n) is 1.66. The molecule has 1 unspecified atom stereocenters. The van der Waals surface area contributed by atoms with E-state index in [0.717, 1.165) is 17.3 Å². The number of amides is 1. The van der Waals surface area contributed by atoms with E-state index >= 15 is 0 Å². The van der Waals surface area contributed by atoms with Crippen molar-refractivity contribution in [3.63, 3.8) is 0 Å². The van der Waals surface area contributed by atoms with Crippen molar-refractivity contribution >= 4 is 34.7 Å². The number of hydrogen-bond acceptors (Lipinski definition) is 7. The number of rotatable bonds is 3. The maximum atomic E-state index is 12.8. The Hall–Kier alpha value is -1.59. The van der Waals surface area contributed by atoms with Crippen LogP contribution in [0.3, 0.4) is 0 Å². The Morgan fingerprint density at radius 1 is 1.37 bits per heavy atom. The van der Waals surface area contributed by atoms with Crippen molar-refractivity contribution in [3.8, 4) is 0 Å². The van der Waals surface area contributed by atoms with Crippen molar-refractivity contribution in [1.82, 2.24) is 9.97 Å². The topological polar surface area (TPSA) is 121 Å².